The number of benzene rings is 1. The minimum atomic E-state index is -4.31. The van der Waals surface area contributed by atoms with Crippen molar-refractivity contribution < 1.29 is 18.0 Å². The van der Waals surface area contributed by atoms with E-state index in [-0.39, 0.29) is 0 Å². The van der Waals surface area contributed by atoms with E-state index in [4.69, 9.17) is 0 Å². The zero-order valence-electron chi connectivity index (χ0n) is 9.05. The molecule has 0 radical (unpaired) electrons. The molecule has 0 saturated heterocycles. The maximum Gasteiger partial charge on any atom is 0.416 e. The Bertz CT molecular complexity index is 421. The highest BCUT2D eigenvalue weighted by Gasteiger charge is 2.29. The molecule has 0 N–H and O–H groups in total. The van der Waals surface area contributed by atoms with Crippen molar-refractivity contribution in [3.05, 3.63) is 35.4 Å². The van der Waals surface area contributed by atoms with Gasteiger partial charge in [0, 0.05) is 18.4 Å². The number of carbonyl (C=O) groups is 1. The summed E-state index contributed by atoms with van der Waals surface area (Å²) in [5.41, 5.74) is -0.131. The van der Waals surface area contributed by atoms with Crippen molar-refractivity contribution in [3.63, 3.8) is 0 Å². The lowest BCUT2D eigenvalue weighted by Crippen LogP contribution is -2.04. The standard InChI is InChI=1S/C13H11F3O/c14-13(15,16)12-8-6-11(7-9-12)5-3-1-2-4-10-17/h6-10H,1-2,4H2. The average Bonchev–Trinajstić information content (AvgIpc) is 2.28. The molecule has 1 aromatic carbocycles. The SMILES string of the molecule is O=CCCCC#Cc1ccc(C(F)(F)F)cc1. The quantitative estimate of drug-likeness (QED) is 0.449. The maximum atomic E-state index is 12.2. The normalized spacial score (nSPS) is 10.5. The molecule has 0 saturated carbocycles. The molecule has 0 aliphatic carbocycles. The molecule has 0 unspecified atom stereocenters. The van der Waals surface area contributed by atoms with Crippen molar-refractivity contribution in [1.82, 2.24) is 0 Å². The fraction of sp³-hybridized carbons (Fsp3) is 0.308. The molecule has 0 aliphatic rings. The molecule has 17 heavy (non-hydrogen) atoms. The second-order valence-electron chi connectivity index (χ2n) is 3.44. The summed E-state index contributed by atoms with van der Waals surface area (Å²) in [5, 5.41) is 0. The van der Waals surface area contributed by atoms with Crippen LogP contribution in [0.25, 0.3) is 0 Å². The average molecular weight is 240 g/mol. The predicted molar refractivity (Wildman–Crippen MR) is 58.2 cm³/mol. The van der Waals surface area contributed by atoms with Gasteiger partial charge in [-0.3, -0.25) is 0 Å². The molecule has 0 aliphatic heterocycles. The third kappa shape index (κ3) is 4.73. The van der Waals surface area contributed by atoms with Crippen LogP contribution < -0.4 is 0 Å². The lowest BCUT2D eigenvalue weighted by atomic mass is 10.1. The molecule has 1 aromatic rings. The predicted octanol–water partition coefficient (Wildman–Crippen LogP) is 3.43. The Labute approximate surface area is 97.6 Å². The summed E-state index contributed by atoms with van der Waals surface area (Å²) in [4.78, 5) is 10.0. The van der Waals surface area contributed by atoms with Crippen molar-refractivity contribution in [1.29, 1.82) is 0 Å². The Balaban J connectivity index is 2.59. The number of alkyl halides is 3. The fourth-order valence-electron chi connectivity index (χ4n) is 1.18. The number of aldehydes is 1. The number of hydrogen-bond donors (Lipinski definition) is 0. The van der Waals surface area contributed by atoms with Gasteiger partial charge in [0.05, 0.1) is 5.56 Å². The smallest absolute Gasteiger partial charge is 0.303 e. The van der Waals surface area contributed by atoms with E-state index in [1.165, 1.54) is 12.1 Å². The van der Waals surface area contributed by atoms with Gasteiger partial charge in [0.15, 0.2) is 0 Å². The highest BCUT2D eigenvalue weighted by Crippen LogP contribution is 2.28. The molecule has 0 fully saturated rings. The van der Waals surface area contributed by atoms with Gasteiger partial charge >= 0.3 is 6.18 Å². The summed E-state index contributed by atoms with van der Waals surface area (Å²) in [6, 6.07) is 4.70. The van der Waals surface area contributed by atoms with Crippen LogP contribution in [0.4, 0.5) is 13.2 Å². The fourth-order valence-corrected chi connectivity index (χ4v) is 1.18. The van der Waals surface area contributed by atoms with Gasteiger partial charge in [-0.25, -0.2) is 0 Å². The van der Waals surface area contributed by atoms with Crippen LogP contribution in [0, 0.1) is 11.8 Å². The number of hydrogen-bond acceptors (Lipinski definition) is 1. The number of carbonyl (C=O) groups excluding carboxylic acids is 1. The zero-order chi connectivity index (χ0) is 12.7. The Morgan fingerprint density at radius 3 is 2.35 bits per heavy atom. The molecule has 90 valence electrons. The van der Waals surface area contributed by atoms with Crippen molar-refractivity contribution in [2.75, 3.05) is 0 Å². The molecule has 1 nitrogen and oxygen atoms in total. The van der Waals surface area contributed by atoms with Crippen molar-refractivity contribution >= 4 is 6.29 Å². The first-order chi connectivity index (χ1) is 8.04. The molecule has 0 heterocycles. The third-order valence-electron chi connectivity index (χ3n) is 2.07. The Kier molecular flexibility index (Phi) is 4.77. The molecule has 1 rings (SSSR count). The maximum absolute atomic E-state index is 12.2. The topological polar surface area (TPSA) is 17.1 Å². The van der Waals surface area contributed by atoms with Crippen molar-refractivity contribution in [3.8, 4) is 11.8 Å². The lowest BCUT2D eigenvalue weighted by molar-refractivity contribution is -0.137. The van der Waals surface area contributed by atoms with Crippen molar-refractivity contribution in [2.24, 2.45) is 0 Å². The van der Waals surface area contributed by atoms with Gasteiger partial charge in [0.25, 0.3) is 0 Å². The molecule has 4 heteroatoms. The Morgan fingerprint density at radius 2 is 1.82 bits per heavy atom. The summed E-state index contributed by atoms with van der Waals surface area (Å²) in [6.45, 7) is 0. The van der Waals surface area contributed by atoms with E-state index >= 15 is 0 Å². The lowest BCUT2D eigenvalue weighted by Gasteiger charge is -2.05. The van der Waals surface area contributed by atoms with Gasteiger partial charge in [-0.15, -0.1) is 0 Å². The monoisotopic (exact) mass is 240 g/mol. The van der Waals surface area contributed by atoms with Gasteiger partial charge in [0.2, 0.25) is 0 Å². The Morgan fingerprint density at radius 1 is 1.18 bits per heavy atom. The molecule has 0 atom stereocenters. The van der Waals surface area contributed by atoms with E-state index < -0.39 is 11.7 Å². The Hall–Kier alpha value is -1.76. The number of rotatable bonds is 3. The second-order valence-corrected chi connectivity index (χ2v) is 3.44. The van der Waals surface area contributed by atoms with E-state index in [0.717, 1.165) is 18.4 Å². The van der Waals surface area contributed by atoms with Crippen LogP contribution in [-0.4, -0.2) is 6.29 Å². The van der Waals surface area contributed by atoms with E-state index in [9.17, 15) is 18.0 Å². The highest BCUT2D eigenvalue weighted by atomic mass is 19.4. The van der Waals surface area contributed by atoms with Gasteiger partial charge in [-0.05, 0) is 30.7 Å². The summed E-state index contributed by atoms with van der Waals surface area (Å²) < 4.78 is 36.7. The van der Waals surface area contributed by atoms with E-state index in [2.05, 4.69) is 11.8 Å². The van der Waals surface area contributed by atoms with Crippen LogP contribution in [0.1, 0.15) is 30.4 Å². The molecule has 0 bridgehead atoms. The van der Waals surface area contributed by atoms with Crippen LogP contribution in [0.5, 0.6) is 0 Å². The highest BCUT2D eigenvalue weighted by molar-refractivity contribution is 5.49. The van der Waals surface area contributed by atoms with Crippen LogP contribution in [0.3, 0.4) is 0 Å². The second kappa shape index (κ2) is 6.09. The molecular formula is C13H11F3O. The van der Waals surface area contributed by atoms with E-state index in [1.54, 1.807) is 0 Å². The third-order valence-corrected chi connectivity index (χ3v) is 2.07. The molecule has 0 aromatic heterocycles. The van der Waals surface area contributed by atoms with Crippen molar-refractivity contribution in [2.45, 2.75) is 25.4 Å². The number of unbranched alkanes of at least 4 members (excludes halogenated alkanes) is 2. The largest absolute Gasteiger partial charge is 0.416 e. The first-order valence-electron chi connectivity index (χ1n) is 5.14. The number of halogens is 3. The van der Waals surface area contributed by atoms with Crippen LogP contribution >= 0.6 is 0 Å². The molecular weight excluding hydrogens is 229 g/mol. The van der Waals surface area contributed by atoms with E-state index in [1.807, 2.05) is 0 Å². The minimum Gasteiger partial charge on any atom is -0.303 e. The molecule has 0 spiro atoms. The minimum absolute atomic E-state index is 0.460. The van der Waals surface area contributed by atoms with Crippen LogP contribution in [0.2, 0.25) is 0 Å². The molecule has 0 amide bonds. The first kappa shape index (κ1) is 13.3. The summed E-state index contributed by atoms with van der Waals surface area (Å²) in [6.07, 6.45) is -1.78. The summed E-state index contributed by atoms with van der Waals surface area (Å²) in [7, 11) is 0. The van der Waals surface area contributed by atoms with Crippen LogP contribution in [-0.2, 0) is 11.0 Å². The van der Waals surface area contributed by atoms with Gasteiger partial charge in [-0.1, -0.05) is 11.8 Å². The first-order valence-corrected chi connectivity index (χ1v) is 5.14. The van der Waals surface area contributed by atoms with Gasteiger partial charge < -0.3 is 4.79 Å². The van der Waals surface area contributed by atoms with Gasteiger partial charge in [0.1, 0.15) is 6.29 Å². The van der Waals surface area contributed by atoms with Crippen LogP contribution in [0.15, 0.2) is 24.3 Å². The zero-order valence-corrected chi connectivity index (χ0v) is 9.05. The summed E-state index contributed by atoms with van der Waals surface area (Å²) >= 11 is 0. The summed E-state index contributed by atoms with van der Waals surface area (Å²) in [5.74, 6) is 5.55. The van der Waals surface area contributed by atoms with Gasteiger partial charge in [-0.2, -0.15) is 13.2 Å². The van der Waals surface area contributed by atoms with E-state index in [0.29, 0.717) is 24.8 Å².